The number of benzene rings is 2. The number of nitrogens with zero attached hydrogens (tertiary/aromatic N) is 3. The van der Waals surface area contributed by atoms with Gasteiger partial charge in [0.05, 0.1) is 18.2 Å². The van der Waals surface area contributed by atoms with Gasteiger partial charge in [0, 0.05) is 43.8 Å². The van der Waals surface area contributed by atoms with Gasteiger partial charge in [-0.2, -0.15) is 0 Å². The van der Waals surface area contributed by atoms with Crippen LogP contribution in [0.1, 0.15) is 20.7 Å². The van der Waals surface area contributed by atoms with Crippen LogP contribution in [-0.4, -0.2) is 55.3 Å². The minimum absolute atomic E-state index is 0.219. The van der Waals surface area contributed by atoms with E-state index >= 15 is 0 Å². The topological polar surface area (TPSA) is 95.0 Å². The number of carboxylic acid groups (broad SMARTS) is 1. The smallest absolute Gasteiger partial charge is 0.335 e. The number of aromatic carboxylic acids is 1. The van der Waals surface area contributed by atoms with Crippen molar-refractivity contribution in [2.24, 2.45) is 0 Å². The fraction of sp³-hybridized carbons (Fsp3) is 0.208. The van der Waals surface area contributed by atoms with Crippen molar-refractivity contribution >= 4 is 29.1 Å². The molecule has 0 aliphatic carbocycles. The SMILES string of the molecule is COc1ccc(NC(=O)c2ccc(N3CCN(c4ccc(C(=O)O)cc4)CC3)nc2)cc1. The molecule has 1 aromatic heterocycles. The molecule has 32 heavy (non-hydrogen) atoms. The van der Waals surface area contributed by atoms with Gasteiger partial charge in [-0.3, -0.25) is 4.79 Å². The Hall–Kier alpha value is -4.07. The van der Waals surface area contributed by atoms with Crippen LogP contribution in [0.4, 0.5) is 17.2 Å². The minimum atomic E-state index is -0.923. The summed E-state index contributed by atoms with van der Waals surface area (Å²) in [7, 11) is 1.60. The highest BCUT2D eigenvalue weighted by atomic mass is 16.5. The first-order valence-corrected chi connectivity index (χ1v) is 10.3. The third-order valence-corrected chi connectivity index (χ3v) is 5.44. The molecule has 0 unspecified atom stereocenters. The van der Waals surface area contributed by atoms with Gasteiger partial charge in [0.25, 0.3) is 5.91 Å². The third-order valence-electron chi connectivity index (χ3n) is 5.44. The van der Waals surface area contributed by atoms with Crippen LogP contribution in [0.3, 0.4) is 0 Å². The van der Waals surface area contributed by atoms with Crippen molar-refractivity contribution in [2.75, 3.05) is 48.4 Å². The van der Waals surface area contributed by atoms with Crippen LogP contribution < -0.4 is 19.9 Å². The monoisotopic (exact) mass is 432 g/mol. The van der Waals surface area contributed by atoms with Crippen molar-refractivity contribution < 1.29 is 19.4 Å². The number of carboxylic acids is 1. The van der Waals surface area contributed by atoms with Crippen molar-refractivity contribution in [1.82, 2.24) is 4.98 Å². The molecule has 1 saturated heterocycles. The Morgan fingerprint density at radius 1 is 0.875 bits per heavy atom. The number of piperazine rings is 1. The number of rotatable bonds is 6. The number of amides is 1. The molecule has 4 rings (SSSR count). The average Bonchev–Trinajstić information content (AvgIpc) is 2.85. The summed E-state index contributed by atoms with van der Waals surface area (Å²) in [5.41, 5.74) is 2.47. The summed E-state index contributed by atoms with van der Waals surface area (Å²) in [4.78, 5) is 32.4. The molecule has 3 aromatic rings. The predicted octanol–water partition coefficient (Wildman–Crippen LogP) is 3.37. The summed E-state index contributed by atoms with van der Waals surface area (Å²) >= 11 is 0. The van der Waals surface area contributed by atoms with Gasteiger partial charge in [0.2, 0.25) is 0 Å². The molecule has 2 aromatic carbocycles. The van der Waals surface area contributed by atoms with Gasteiger partial charge in [0.1, 0.15) is 11.6 Å². The number of hydrogen-bond donors (Lipinski definition) is 2. The molecule has 1 fully saturated rings. The Kier molecular flexibility index (Phi) is 6.21. The van der Waals surface area contributed by atoms with E-state index in [1.165, 1.54) is 0 Å². The van der Waals surface area contributed by atoms with Crippen molar-refractivity contribution in [3.8, 4) is 5.75 Å². The molecule has 164 valence electrons. The molecule has 0 radical (unpaired) electrons. The molecule has 2 heterocycles. The summed E-state index contributed by atoms with van der Waals surface area (Å²) in [6.45, 7) is 3.16. The number of nitrogens with one attached hydrogen (secondary N) is 1. The lowest BCUT2D eigenvalue weighted by Gasteiger charge is -2.36. The van der Waals surface area contributed by atoms with E-state index in [0.717, 1.165) is 43.4 Å². The summed E-state index contributed by atoms with van der Waals surface area (Å²) in [6.07, 6.45) is 1.59. The lowest BCUT2D eigenvalue weighted by molar-refractivity contribution is 0.0696. The normalized spacial score (nSPS) is 13.5. The number of pyridine rings is 1. The van der Waals surface area contributed by atoms with Crippen molar-refractivity contribution in [3.63, 3.8) is 0 Å². The van der Waals surface area contributed by atoms with Crippen molar-refractivity contribution in [1.29, 1.82) is 0 Å². The van der Waals surface area contributed by atoms with Gasteiger partial charge >= 0.3 is 5.97 Å². The van der Waals surface area contributed by atoms with E-state index in [9.17, 15) is 9.59 Å². The number of methoxy groups -OCH3 is 1. The second-order valence-corrected chi connectivity index (χ2v) is 7.41. The van der Waals surface area contributed by atoms with E-state index in [4.69, 9.17) is 9.84 Å². The molecule has 0 spiro atoms. The molecular formula is C24H24N4O4. The lowest BCUT2D eigenvalue weighted by Crippen LogP contribution is -2.46. The molecule has 8 nitrogen and oxygen atoms in total. The Morgan fingerprint density at radius 3 is 2.06 bits per heavy atom. The first-order valence-electron chi connectivity index (χ1n) is 10.3. The summed E-state index contributed by atoms with van der Waals surface area (Å²) in [6, 6.07) is 17.7. The number of hydrogen-bond acceptors (Lipinski definition) is 6. The Labute approximate surface area is 186 Å². The van der Waals surface area contributed by atoms with Crippen LogP contribution >= 0.6 is 0 Å². The molecule has 0 saturated carbocycles. The van der Waals surface area contributed by atoms with Gasteiger partial charge < -0.3 is 25.0 Å². The van der Waals surface area contributed by atoms with Crippen LogP contribution in [0, 0.1) is 0 Å². The fourth-order valence-electron chi connectivity index (χ4n) is 3.59. The van der Waals surface area contributed by atoms with E-state index in [1.54, 1.807) is 55.8 Å². The average molecular weight is 432 g/mol. The molecule has 0 bridgehead atoms. The number of aromatic nitrogens is 1. The Bertz CT molecular complexity index is 1070. The van der Waals surface area contributed by atoms with E-state index in [2.05, 4.69) is 20.1 Å². The van der Waals surface area contributed by atoms with E-state index in [-0.39, 0.29) is 11.5 Å². The number of anilines is 3. The summed E-state index contributed by atoms with van der Waals surface area (Å²) in [5.74, 6) is 0.413. The van der Waals surface area contributed by atoms with Gasteiger partial charge in [0.15, 0.2) is 0 Å². The van der Waals surface area contributed by atoms with Crippen molar-refractivity contribution in [3.05, 3.63) is 78.0 Å². The molecule has 1 aliphatic heterocycles. The summed E-state index contributed by atoms with van der Waals surface area (Å²) < 4.78 is 5.12. The highest BCUT2D eigenvalue weighted by Crippen LogP contribution is 2.21. The van der Waals surface area contributed by atoms with Crippen LogP contribution in [0.5, 0.6) is 5.75 Å². The number of carbonyl (C=O) groups is 2. The van der Waals surface area contributed by atoms with Gasteiger partial charge in [-0.05, 0) is 60.7 Å². The predicted molar refractivity (Wildman–Crippen MR) is 123 cm³/mol. The zero-order valence-corrected chi connectivity index (χ0v) is 17.7. The summed E-state index contributed by atoms with van der Waals surface area (Å²) in [5, 5.41) is 11.9. The molecule has 1 aliphatic rings. The quantitative estimate of drug-likeness (QED) is 0.617. The highest BCUT2D eigenvalue weighted by molar-refractivity contribution is 6.04. The maximum absolute atomic E-state index is 12.5. The molecule has 0 atom stereocenters. The minimum Gasteiger partial charge on any atom is -0.497 e. The Balaban J connectivity index is 1.33. The first kappa shape index (κ1) is 21.2. The van der Waals surface area contributed by atoms with Gasteiger partial charge in [-0.1, -0.05) is 0 Å². The zero-order valence-electron chi connectivity index (χ0n) is 17.7. The zero-order chi connectivity index (χ0) is 22.5. The number of ether oxygens (including phenoxy) is 1. The van der Waals surface area contributed by atoms with Crippen LogP contribution in [0.2, 0.25) is 0 Å². The molecule has 1 amide bonds. The van der Waals surface area contributed by atoms with Crippen molar-refractivity contribution in [2.45, 2.75) is 0 Å². The third kappa shape index (κ3) is 4.80. The Morgan fingerprint density at radius 2 is 1.50 bits per heavy atom. The highest BCUT2D eigenvalue weighted by Gasteiger charge is 2.19. The second-order valence-electron chi connectivity index (χ2n) is 7.41. The molecule has 2 N–H and O–H groups in total. The lowest BCUT2D eigenvalue weighted by atomic mass is 10.2. The maximum Gasteiger partial charge on any atom is 0.335 e. The van der Waals surface area contributed by atoms with E-state index in [1.807, 2.05) is 18.2 Å². The van der Waals surface area contributed by atoms with Crippen LogP contribution in [0.25, 0.3) is 0 Å². The van der Waals surface area contributed by atoms with Crippen LogP contribution in [0.15, 0.2) is 66.9 Å². The first-order chi connectivity index (χ1) is 15.5. The standard InChI is InChI=1S/C24H24N4O4/c1-32-21-9-5-19(6-10-21)26-23(29)18-4-11-22(25-16-18)28-14-12-27(13-15-28)20-7-2-17(3-8-20)24(30)31/h2-11,16H,12-15H2,1H3,(H,26,29)(H,30,31). The van der Waals surface area contributed by atoms with Gasteiger partial charge in [-0.25, -0.2) is 9.78 Å². The fourth-order valence-corrected chi connectivity index (χ4v) is 3.59. The largest absolute Gasteiger partial charge is 0.497 e. The van der Waals surface area contributed by atoms with Gasteiger partial charge in [-0.15, -0.1) is 0 Å². The van der Waals surface area contributed by atoms with E-state index < -0.39 is 5.97 Å². The second kappa shape index (κ2) is 9.38. The van der Waals surface area contributed by atoms with E-state index in [0.29, 0.717) is 11.3 Å². The number of carbonyl (C=O) groups excluding carboxylic acids is 1. The maximum atomic E-state index is 12.5. The van der Waals surface area contributed by atoms with Crippen LogP contribution in [-0.2, 0) is 0 Å². The molecule has 8 heteroatoms. The molecular weight excluding hydrogens is 408 g/mol.